The molecule has 7 heteroatoms. The van der Waals surface area contributed by atoms with E-state index in [1.54, 1.807) is 18.2 Å². The Morgan fingerprint density at radius 3 is 2.59 bits per heavy atom. The number of ether oxygens (including phenoxy) is 3. The molecule has 37 heavy (non-hydrogen) atoms. The summed E-state index contributed by atoms with van der Waals surface area (Å²) in [6.07, 6.45) is 3.19. The normalized spacial score (nSPS) is 14.1. The van der Waals surface area contributed by atoms with Gasteiger partial charge in [-0.2, -0.15) is 5.26 Å². The molecule has 0 amide bonds. The molecule has 0 aliphatic heterocycles. The van der Waals surface area contributed by atoms with Gasteiger partial charge < -0.3 is 24.6 Å². The second-order valence-corrected chi connectivity index (χ2v) is 10.3. The Morgan fingerprint density at radius 2 is 1.92 bits per heavy atom. The summed E-state index contributed by atoms with van der Waals surface area (Å²) in [5.41, 5.74) is 4.03. The number of nitrogens with one attached hydrogen (secondary N) is 1. The van der Waals surface area contributed by atoms with Crippen LogP contribution in [0.2, 0.25) is 0 Å². The topological polar surface area (TPSA) is 101 Å². The van der Waals surface area contributed by atoms with Crippen molar-refractivity contribution in [1.82, 2.24) is 5.32 Å². The fourth-order valence-electron chi connectivity index (χ4n) is 4.84. The molecule has 0 heterocycles. The molecule has 0 saturated carbocycles. The highest BCUT2D eigenvalue weighted by Gasteiger charge is 2.28. The first-order valence-corrected chi connectivity index (χ1v) is 13.2. The van der Waals surface area contributed by atoms with Crippen molar-refractivity contribution in [2.24, 2.45) is 5.92 Å². The van der Waals surface area contributed by atoms with E-state index in [1.807, 2.05) is 6.92 Å². The molecule has 7 nitrogen and oxygen atoms in total. The van der Waals surface area contributed by atoms with Crippen molar-refractivity contribution < 1.29 is 24.1 Å². The van der Waals surface area contributed by atoms with E-state index in [0.29, 0.717) is 43.4 Å². The summed E-state index contributed by atoms with van der Waals surface area (Å²) >= 11 is 0. The molecule has 0 fully saturated rings. The summed E-state index contributed by atoms with van der Waals surface area (Å²) in [6, 6.07) is 16.0. The number of β-amino-alcohol motifs (C(OH)–C–C–N with tert-alkyl or cyclic N) is 1. The Kier molecular flexibility index (Phi) is 10.9. The second-order valence-electron chi connectivity index (χ2n) is 10.3. The number of aryl methyl sites for hydroxylation is 1. The molecular formula is C30H40N2O5. The highest BCUT2D eigenvalue weighted by molar-refractivity contribution is 5.69. The molecule has 2 aromatic carbocycles. The van der Waals surface area contributed by atoms with Crippen molar-refractivity contribution in [2.75, 3.05) is 33.0 Å². The fourth-order valence-corrected chi connectivity index (χ4v) is 4.84. The lowest BCUT2D eigenvalue weighted by molar-refractivity contribution is -0.145. The zero-order valence-corrected chi connectivity index (χ0v) is 22.3. The van der Waals surface area contributed by atoms with E-state index in [-0.39, 0.29) is 31.1 Å². The maximum atomic E-state index is 11.9. The Hall–Kier alpha value is -2.92. The first-order valence-electron chi connectivity index (χ1n) is 13.2. The standard InChI is InChI=1S/C30H40N2O5/c1-4-35-13-14-36-29(34)12-10-22-9-11-26(19-31)28(17-22)37-21-27(33)20-32-30(2,3)18-23-15-24-7-5-6-8-25(24)16-23/h5-9,11,17,23,27,32-33H,4,10,12-16,18,20-21H2,1-3H3/t27-/m1/s1. The minimum Gasteiger partial charge on any atom is -0.489 e. The van der Waals surface area contributed by atoms with Gasteiger partial charge in [-0.25, -0.2) is 0 Å². The third-order valence-corrected chi connectivity index (χ3v) is 6.66. The molecule has 0 bridgehead atoms. The van der Waals surface area contributed by atoms with E-state index in [9.17, 15) is 15.2 Å². The van der Waals surface area contributed by atoms with Crippen molar-refractivity contribution in [1.29, 1.82) is 5.26 Å². The van der Waals surface area contributed by atoms with Gasteiger partial charge in [0, 0.05) is 25.1 Å². The molecule has 0 unspecified atom stereocenters. The van der Waals surface area contributed by atoms with Crippen LogP contribution in [0.15, 0.2) is 42.5 Å². The number of nitriles is 1. The average molecular weight is 509 g/mol. The first kappa shape index (κ1) is 28.6. The molecule has 1 aliphatic carbocycles. The van der Waals surface area contributed by atoms with Crippen molar-refractivity contribution >= 4 is 5.97 Å². The third-order valence-electron chi connectivity index (χ3n) is 6.66. The van der Waals surface area contributed by atoms with Crippen molar-refractivity contribution in [3.8, 4) is 11.8 Å². The summed E-state index contributed by atoms with van der Waals surface area (Å²) in [7, 11) is 0. The minimum absolute atomic E-state index is 0.0650. The van der Waals surface area contributed by atoms with E-state index in [0.717, 1.165) is 24.8 Å². The van der Waals surface area contributed by atoms with E-state index >= 15 is 0 Å². The number of aliphatic hydroxyl groups is 1. The zero-order chi connectivity index (χ0) is 26.7. The molecule has 2 N–H and O–H groups in total. The number of carbonyl (C=O) groups is 1. The van der Waals surface area contributed by atoms with E-state index < -0.39 is 6.10 Å². The van der Waals surface area contributed by atoms with Gasteiger partial charge in [0.15, 0.2) is 0 Å². The van der Waals surface area contributed by atoms with Crippen LogP contribution >= 0.6 is 0 Å². The number of benzene rings is 2. The second kappa shape index (κ2) is 14.1. The van der Waals surface area contributed by atoms with E-state index in [4.69, 9.17) is 14.2 Å². The smallest absolute Gasteiger partial charge is 0.306 e. The van der Waals surface area contributed by atoms with Crippen LogP contribution in [0.25, 0.3) is 0 Å². The molecule has 200 valence electrons. The number of nitrogens with zero attached hydrogens (tertiary/aromatic N) is 1. The van der Waals surface area contributed by atoms with Crippen LogP contribution in [-0.4, -0.2) is 55.7 Å². The molecular weight excluding hydrogens is 468 g/mol. The quantitative estimate of drug-likeness (QED) is 0.277. The van der Waals surface area contributed by atoms with Crippen molar-refractivity contribution in [3.05, 3.63) is 64.7 Å². The summed E-state index contributed by atoms with van der Waals surface area (Å²) in [4.78, 5) is 11.9. The van der Waals surface area contributed by atoms with Crippen LogP contribution in [0.3, 0.4) is 0 Å². The molecule has 0 radical (unpaired) electrons. The van der Waals surface area contributed by atoms with Crippen LogP contribution in [0.1, 0.15) is 55.9 Å². The van der Waals surface area contributed by atoms with Gasteiger partial charge in [0.2, 0.25) is 0 Å². The van der Waals surface area contributed by atoms with Gasteiger partial charge in [0.05, 0.1) is 12.2 Å². The molecule has 0 spiro atoms. The zero-order valence-electron chi connectivity index (χ0n) is 22.3. The Balaban J connectivity index is 1.43. The predicted molar refractivity (Wildman–Crippen MR) is 142 cm³/mol. The number of esters is 1. The number of carbonyl (C=O) groups excluding carboxylic acids is 1. The number of rotatable bonds is 15. The molecule has 1 aliphatic rings. The van der Waals surface area contributed by atoms with Gasteiger partial charge in [-0.15, -0.1) is 0 Å². The van der Waals surface area contributed by atoms with Crippen molar-refractivity contribution in [3.63, 3.8) is 0 Å². The van der Waals surface area contributed by atoms with Gasteiger partial charge >= 0.3 is 5.97 Å². The van der Waals surface area contributed by atoms with Gasteiger partial charge in [0.1, 0.15) is 31.1 Å². The largest absolute Gasteiger partial charge is 0.489 e. The number of hydrogen-bond donors (Lipinski definition) is 2. The Labute approximate surface area is 220 Å². The maximum Gasteiger partial charge on any atom is 0.306 e. The monoisotopic (exact) mass is 508 g/mol. The highest BCUT2D eigenvalue weighted by Crippen LogP contribution is 2.31. The third kappa shape index (κ3) is 9.47. The molecule has 0 aromatic heterocycles. The maximum absolute atomic E-state index is 11.9. The highest BCUT2D eigenvalue weighted by atomic mass is 16.6. The summed E-state index contributed by atoms with van der Waals surface area (Å²) in [5, 5.41) is 23.5. The molecule has 1 atom stereocenters. The lowest BCUT2D eigenvalue weighted by Crippen LogP contribution is -2.46. The number of fused-ring (bicyclic) bond motifs is 1. The SMILES string of the molecule is CCOCCOC(=O)CCc1ccc(C#N)c(OC[C@H](O)CNC(C)(C)CC2Cc3ccccc3C2)c1. The van der Waals surface area contributed by atoms with Gasteiger partial charge in [-0.1, -0.05) is 30.3 Å². The van der Waals surface area contributed by atoms with Crippen LogP contribution in [-0.2, 0) is 33.5 Å². The van der Waals surface area contributed by atoms with Crippen LogP contribution in [0.5, 0.6) is 5.75 Å². The molecule has 3 rings (SSSR count). The van der Waals surface area contributed by atoms with Gasteiger partial charge in [0.25, 0.3) is 0 Å². The molecule has 2 aromatic rings. The van der Waals surface area contributed by atoms with Gasteiger partial charge in [-0.3, -0.25) is 4.79 Å². The lowest BCUT2D eigenvalue weighted by atomic mass is 9.88. The van der Waals surface area contributed by atoms with Crippen LogP contribution < -0.4 is 10.1 Å². The Morgan fingerprint density at radius 1 is 1.19 bits per heavy atom. The summed E-state index contributed by atoms with van der Waals surface area (Å²) in [5.74, 6) is 0.708. The predicted octanol–water partition coefficient (Wildman–Crippen LogP) is 3.98. The lowest BCUT2D eigenvalue weighted by Gasteiger charge is -2.30. The van der Waals surface area contributed by atoms with Gasteiger partial charge in [-0.05, 0) is 81.2 Å². The summed E-state index contributed by atoms with van der Waals surface area (Å²) < 4.78 is 16.1. The molecule has 0 saturated heterocycles. The Bertz CT molecular complexity index is 1040. The number of aliphatic hydroxyl groups excluding tert-OH is 1. The minimum atomic E-state index is -0.726. The fraction of sp³-hybridized carbons (Fsp3) is 0.533. The average Bonchev–Trinajstić information content (AvgIpc) is 3.29. The first-order chi connectivity index (χ1) is 17.8. The van der Waals surface area contributed by atoms with Crippen LogP contribution in [0, 0.1) is 17.2 Å². The summed E-state index contributed by atoms with van der Waals surface area (Å²) in [6.45, 7) is 7.90. The van der Waals surface area contributed by atoms with E-state index in [2.05, 4.69) is 49.5 Å². The van der Waals surface area contributed by atoms with Crippen LogP contribution in [0.4, 0.5) is 0 Å². The van der Waals surface area contributed by atoms with E-state index in [1.165, 1.54) is 11.1 Å². The van der Waals surface area contributed by atoms with Crippen molar-refractivity contribution in [2.45, 2.75) is 64.5 Å². The number of hydrogen-bond acceptors (Lipinski definition) is 7.